The van der Waals surface area contributed by atoms with Crippen molar-refractivity contribution >= 4 is 23.7 Å². The normalized spacial score (nSPS) is 16.1. The maximum absolute atomic E-state index is 15.0. The average molecular weight is 530 g/mol. The maximum atomic E-state index is 15.0. The summed E-state index contributed by atoms with van der Waals surface area (Å²) in [6.07, 6.45) is 7.43. The molecule has 204 valence electrons. The van der Waals surface area contributed by atoms with Crippen molar-refractivity contribution in [3.05, 3.63) is 71.2 Å². The fourth-order valence-corrected chi connectivity index (χ4v) is 4.91. The van der Waals surface area contributed by atoms with Gasteiger partial charge in [0.05, 0.1) is 41.7 Å². The quantitative estimate of drug-likeness (QED) is 0.371. The van der Waals surface area contributed by atoms with Crippen molar-refractivity contribution in [2.24, 2.45) is 9.98 Å². The zero-order chi connectivity index (χ0) is 27.2. The Balaban J connectivity index is 1.30. The van der Waals surface area contributed by atoms with Crippen LogP contribution in [0.15, 0.2) is 58.4 Å². The number of anilines is 2. The Kier molecular flexibility index (Phi) is 8.41. The molecule has 3 aromatic rings. The van der Waals surface area contributed by atoms with E-state index in [2.05, 4.69) is 63.5 Å². The molecule has 0 spiro atoms. The Labute approximate surface area is 229 Å². The zero-order valence-electron chi connectivity index (χ0n) is 22.9. The van der Waals surface area contributed by atoms with E-state index in [9.17, 15) is 0 Å². The number of aromatic nitrogens is 4. The van der Waals surface area contributed by atoms with E-state index >= 15 is 4.39 Å². The molecule has 0 radical (unpaired) electrons. The van der Waals surface area contributed by atoms with Crippen molar-refractivity contribution in [1.82, 2.24) is 25.1 Å². The molecule has 0 bridgehead atoms. The van der Waals surface area contributed by atoms with Crippen LogP contribution in [-0.4, -0.2) is 57.9 Å². The highest BCUT2D eigenvalue weighted by Crippen LogP contribution is 2.32. The van der Waals surface area contributed by atoms with Crippen LogP contribution in [0.3, 0.4) is 0 Å². The SMILES string of the molecule is CCCNCCN=C1C=NC(Nc2ncc(F)c(N3CCc4nn(-c5ccccc5)c(C(C)C)c4C3)n2)=CC1. The summed E-state index contributed by atoms with van der Waals surface area (Å²) < 4.78 is 17.0. The second-order valence-electron chi connectivity index (χ2n) is 10.0. The zero-order valence-corrected chi connectivity index (χ0v) is 22.9. The molecular formula is C29H36FN9. The third kappa shape index (κ3) is 6.22. The number of halogens is 1. The van der Waals surface area contributed by atoms with Crippen molar-refractivity contribution in [1.29, 1.82) is 0 Å². The van der Waals surface area contributed by atoms with Crippen LogP contribution in [0.5, 0.6) is 0 Å². The number of nitrogens with one attached hydrogen (secondary N) is 2. The number of benzene rings is 1. The second-order valence-corrected chi connectivity index (χ2v) is 10.0. The lowest BCUT2D eigenvalue weighted by Crippen LogP contribution is -2.32. The molecule has 4 heterocycles. The van der Waals surface area contributed by atoms with Crippen LogP contribution in [0.2, 0.25) is 0 Å². The van der Waals surface area contributed by atoms with Gasteiger partial charge in [0, 0.05) is 38.0 Å². The van der Waals surface area contributed by atoms with Crippen molar-refractivity contribution in [2.45, 2.75) is 52.5 Å². The van der Waals surface area contributed by atoms with Gasteiger partial charge < -0.3 is 15.5 Å². The van der Waals surface area contributed by atoms with Gasteiger partial charge in [0.2, 0.25) is 5.95 Å². The summed E-state index contributed by atoms with van der Waals surface area (Å²) in [5, 5.41) is 11.4. The molecule has 5 rings (SSSR count). The predicted molar refractivity (Wildman–Crippen MR) is 155 cm³/mol. The molecule has 2 N–H and O–H groups in total. The van der Waals surface area contributed by atoms with E-state index in [0.29, 0.717) is 37.7 Å². The molecule has 0 unspecified atom stereocenters. The van der Waals surface area contributed by atoms with Gasteiger partial charge in [0.15, 0.2) is 11.6 Å². The Morgan fingerprint density at radius 1 is 1.15 bits per heavy atom. The van der Waals surface area contributed by atoms with Gasteiger partial charge in [-0.15, -0.1) is 0 Å². The van der Waals surface area contributed by atoms with Crippen molar-refractivity contribution in [2.75, 3.05) is 36.4 Å². The first kappa shape index (κ1) is 26.7. The van der Waals surface area contributed by atoms with E-state index in [0.717, 1.165) is 54.4 Å². The highest BCUT2D eigenvalue weighted by molar-refractivity contribution is 6.31. The highest BCUT2D eigenvalue weighted by Gasteiger charge is 2.28. The van der Waals surface area contributed by atoms with E-state index in [1.807, 2.05) is 33.9 Å². The molecule has 0 fully saturated rings. The maximum Gasteiger partial charge on any atom is 0.230 e. The van der Waals surface area contributed by atoms with Crippen LogP contribution in [0.1, 0.15) is 56.5 Å². The fraction of sp³-hybridized carbons (Fsp3) is 0.414. The van der Waals surface area contributed by atoms with E-state index in [4.69, 9.17) is 5.10 Å². The van der Waals surface area contributed by atoms with Crippen LogP contribution in [0.4, 0.5) is 16.2 Å². The second kappa shape index (κ2) is 12.3. The molecule has 0 atom stereocenters. The summed E-state index contributed by atoms with van der Waals surface area (Å²) in [5.41, 5.74) is 5.31. The van der Waals surface area contributed by atoms with Gasteiger partial charge in [-0.2, -0.15) is 10.1 Å². The number of fused-ring (bicyclic) bond motifs is 1. The first-order chi connectivity index (χ1) is 19.0. The highest BCUT2D eigenvalue weighted by atomic mass is 19.1. The van der Waals surface area contributed by atoms with Crippen LogP contribution in [0.25, 0.3) is 5.69 Å². The standard InChI is InChI=1S/C29H36FN9/c1-4-13-31-14-15-32-21-10-11-26(33-17-21)35-29-34-18-24(30)28(36-29)38-16-12-25-23(19-38)27(20(2)3)39(37-25)22-8-6-5-7-9-22/h5-9,11,17-18,20,31H,4,10,12-16,19H2,1-3H3,(H,34,35,36). The summed E-state index contributed by atoms with van der Waals surface area (Å²) in [6.45, 7) is 10.2. The molecule has 10 heteroatoms. The van der Waals surface area contributed by atoms with Crippen LogP contribution < -0.4 is 15.5 Å². The molecule has 0 amide bonds. The Morgan fingerprint density at radius 2 is 2.00 bits per heavy atom. The Bertz CT molecular complexity index is 1370. The van der Waals surface area contributed by atoms with Crippen molar-refractivity contribution in [3.63, 3.8) is 0 Å². The number of hydrogen-bond donors (Lipinski definition) is 2. The van der Waals surface area contributed by atoms with Gasteiger partial charge in [-0.05, 0) is 37.1 Å². The lowest BCUT2D eigenvalue weighted by atomic mass is 9.99. The van der Waals surface area contributed by atoms with Gasteiger partial charge in [-0.3, -0.25) is 4.99 Å². The van der Waals surface area contributed by atoms with Crippen LogP contribution >= 0.6 is 0 Å². The number of para-hydroxylation sites is 1. The molecule has 1 aromatic carbocycles. The third-order valence-electron chi connectivity index (χ3n) is 6.77. The molecule has 0 saturated carbocycles. The molecule has 2 aliphatic rings. The lowest BCUT2D eigenvalue weighted by Gasteiger charge is -2.28. The van der Waals surface area contributed by atoms with Crippen molar-refractivity contribution < 1.29 is 4.39 Å². The van der Waals surface area contributed by atoms with Gasteiger partial charge >= 0.3 is 0 Å². The molecule has 0 aliphatic carbocycles. The average Bonchev–Trinajstić information content (AvgIpc) is 3.35. The fourth-order valence-electron chi connectivity index (χ4n) is 4.91. The first-order valence-electron chi connectivity index (χ1n) is 13.7. The monoisotopic (exact) mass is 529 g/mol. The molecule has 0 saturated heterocycles. The van der Waals surface area contributed by atoms with Crippen LogP contribution in [-0.2, 0) is 13.0 Å². The van der Waals surface area contributed by atoms with E-state index in [-0.39, 0.29) is 11.7 Å². The molecule has 9 nitrogen and oxygen atoms in total. The predicted octanol–water partition coefficient (Wildman–Crippen LogP) is 4.66. The third-order valence-corrected chi connectivity index (χ3v) is 6.77. The van der Waals surface area contributed by atoms with Crippen molar-refractivity contribution in [3.8, 4) is 5.69 Å². The number of aliphatic imine (C=N–C) groups is 2. The Morgan fingerprint density at radius 3 is 2.74 bits per heavy atom. The molecule has 39 heavy (non-hydrogen) atoms. The van der Waals surface area contributed by atoms with Gasteiger partial charge in [-0.1, -0.05) is 39.0 Å². The minimum Gasteiger partial charge on any atom is -0.349 e. The first-order valence-corrected chi connectivity index (χ1v) is 13.7. The van der Waals surface area contributed by atoms with E-state index < -0.39 is 5.82 Å². The number of rotatable bonds is 10. The minimum atomic E-state index is -0.447. The topological polar surface area (TPSA) is 95.6 Å². The summed E-state index contributed by atoms with van der Waals surface area (Å²) in [6, 6.07) is 10.2. The van der Waals surface area contributed by atoms with E-state index in [1.165, 1.54) is 6.20 Å². The summed E-state index contributed by atoms with van der Waals surface area (Å²) in [7, 11) is 0. The number of allylic oxidation sites excluding steroid dienone is 1. The van der Waals surface area contributed by atoms with Gasteiger partial charge in [0.1, 0.15) is 5.82 Å². The summed E-state index contributed by atoms with van der Waals surface area (Å²) in [5.74, 6) is 1.03. The number of nitrogens with zero attached hydrogens (tertiary/aromatic N) is 7. The summed E-state index contributed by atoms with van der Waals surface area (Å²) in [4.78, 5) is 19.7. The molecule has 2 aromatic heterocycles. The number of hydrogen-bond acceptors (Lipinski definition) is 8. The lowest BCUT2D eigenvalue weighted by molar-refractivity contribution is 0.593. The van der Waals surface area contributed by atoms with E-state index in [1.54, 1.807) is 6.21 Å². The molecule has 2 aliphatic heterocycles. The van der Waals surface area contributed by atoms with Gasteiger partial charge in [0.25, 0.3) is 0 Å². The molecular weight excluding hydrogens is 493 g/mol. The van der Waals surface area contributed by atoms with Crippen LogP contribution in [0, 0.1) is 5.82 Å². The minimum absolute atomic E-state index is 0.256. The van der Waals surface area contributed by atoms with Gasteiger partial charge in [-0.25, -0.2) is 19.0 Å². The largest absolute Gasteiger partial charge is 0.349 e. The Hall–Kier alpha value is -3.92. The summed E-state index contributed by atoms with van der Waals surface area (Å²) >= 11 is 0. The smallest absolute Gasteiger partial charge is 0.230 e.